The topological polar surface area (TPSA) is 84.1 Å². The third-order valence-corrected chi connectivity index (χ3v) is 3.99. The maximum absolute atomic E-state index is 12.3. The second-order valence-corrected chi connectivity index (χ2v) is 5.60. The number of nitrogens with one attached hydrogen (secondary N) is 2. The lowest BCUT2D eigenvalue weighted by Gasteiger charge is -2.07. The standard InChI is InChI=1S/C16H13N3O3S/c1-22-11-5-2-4-10(8-11)17-15(20)13-9-12(18-16(21)19-13)14-6-3-7-23-14/h2-9H,1H3,(H,17,20)(H,18,19,21). The molecule has 2 aromatic heterocycles. The smallest absolute Gasteiger partial charge is 0.346 e. The van der Waals surface area contributed by atoms with Crippen molar-refractivity contribution in [3.63, 3.8) is 0 Å². The number of ether oxygens (including phenoxy) is 1. The molecule has 0 atom stereocenters. The average Bonchev–Trinajstić information content (AvgIpc) is 3.09. The number of aromatic nitrogens is 2. The van der Waals surface area contributed by atoms with E-state index in [9.17, 15) is 9.59 Å². The molecule has 0 aliphatic rings. The van der Waals surface area contributed by atoms with Gasteiger partial charge >= 0.3 is 5.69 Å². The lowest BCUT2D eigenvalue weighted by atomic mass is 10.2. The SMILES string of the molecule is COc1cccc(NC(=O)c2cc(-c3cccs3)[nH]c(=O)n2)c1. The lowest BCUT2D eigenvalue weighted by Crippen LogP contribution is -2.21. The highest BCUT2D eigenvalue weighted by atomic mass is 32.1. The Labute approximate surface area is 135 Å². The Balaban J connectivity index is 1.89. The van der Waals surface area contributed by atoms with Gasteiger partial charge in [0.25, 0.3) is 5.91 Å². The predicted octanol–water partition coefficient (Wildman–Crippen LogP) is 2.76. The molecule has 0 spiro atoms. The van der Waals surface area contributed by atoms with Crippen LogP contribution in [-0.2, 0) is 0 Å². The minimum absolute atomic E-state index is 0.0555. The Bertz CT molecular complexity index is 888. The Morgan fingerprint density at radius 3 is 2.87 bits per heavy atom. The zero-order valence-corrected chi connectivity index (χ0v) is 13.0. The van der Waals surface area contributed by atoms with Crippen molar-refractivity contribution in [2.24, 2.45) is 0 Å². The predicted molar refractivity (Wildman–Crippen MR) is 89.1 cm³/mol. The third-order valence-electron chi connectivity index (χ3n) is 3.09. The number of anilines is 1. The van der Waals surface area contributed by atoms with E-state index in [1.54, 1.807) is 37.4 Å². The number of carbonyl (C=O) groups excluding carboxylic acids is 1. The molecule has 0 radical (unpaired) electrons. The van der Waals surface area contributed by atoms with Crippen molar-refractivity contribution < 1.29 is 9.53 Å². The van der Waals surface area contributed by atoms with E-state index >= 15 is 0 Å². The van der Waals surface area contributed by atoms with Gasteiger partial charge < -0.3 is 15.0 Å². The molecule has 2 N–H and O–H groups in total. The number of aromatic amines is 1. The van der Waals surface area contributed by atoms with Crippen LogP contribution in [0.2, 0.25) is 0 Å². The van der Waals surface area contributed by atoms with Crippen LogP contribution in [0.1, 0.15) is 10.5 Å². The second kappa shape index (κ2) is 6.45. The number of hydrogen-bond donors (Lipinski definition) is 2. The van der Waals surface area contributed by atoms with E-state index in [0.717, 1.165) is 4.88 Å². The van der Waals surface area contributed by atoms with Crippen LogP contribution in [-0.4, -0.2) is 23.0 Å². The highest BCUT2D eigenvalue weighted by molar-refractivity contribution is 7.13. The number of nitrogens with zero attached hydrogens (tertiary/aromatic N) is 1. The van der Waals surface area contributed by atoms with E-state index in [4.69, 9.17) is 4.74 Å². The maximum Gasteiger partial charge on any atom is 0.346 e. The molecule has 6 nitrogen and oxygen atoms in total. The quantitative estimate of drug-likeness (QED) is 0.772. The zero-order chi connectivity index (χ0) is 16.2. The van der Waals surface area contributed by atoms with Gasteiger partial charge in [0.15, 0.2) is 0 Å². The highest BCUT2D eigenvalue weighted by Crippen LogP contribution is 2.22. The molecule has 1 aromatic carbocycles. The van der Waals surface area contributed by atoms with E-state index in [-0.39, 0.29) is 5.69 Å². The number of H-pyrrole nitrogens is 1. The largest absolute Gasteiger partial charge is 0.497 e. The van der Waals surface area contributed by atoms with Crippen molar-refractivity contribution >= 4 is 22.9 Å². The summed E-state index contributed by atoms with van der Waals surface area (Å²) in [6.07, 6.45) is 0. The molecule has 0 saturated heterocycles. The fourth-order valence-corrected chi connectivity index (χ4v) is 2.73. The average molecular weight is 327 g/mol. The molecule has 2 heterocycles. The zero-order valence-electron chi connectivity index (χ0n) is 12.2. The van der Waals surface area contributed by atoms with Crippen LogP contribution >= 0.6 is 11.3 Å². The first-order valence-electron chi connectivity index (χ1n) is 6.76. The van der Waals surface area contributed by atoms with Crippen LogP contribution in [0.3, 0.4) is 0 Å². The number of thiophene rings is 1. The van der Waals surface area contributed by atoms with E-state index in [1.807, 2.05) is 17.5 Å². The summed E-state index contributed by atoms with van der Waals surface area (Å²) in [7, 11) is 1.55. The summed E-state index contributed by atoms with van der Waals surface area (Å²) in [5.41, 5.74) is 0.622. The Hall–Kier alpha value is -2.93. The highest BCUT2D eigenvalue weighted by Gasteiger charge is 2.12. The molecule has 7 heteroatoms. The summed E-state index contributed by atoms with van der Waals surface area (Å²) in [5, 5.41) is 4.59. The Morgan fingerprint density at radius 2 is 2.13 bits per heavy atom. The summed E-state index contributed by atoms with van der Waals surface area (Å²) in [6, 6.07) is 12.2. The van der Waals surface area contributed by atoms with Gasteiger partial charge in [-0.2, -0.15) is 4.98 Å². The van der Waals surface area contributed by atoms with Gasteiger partial charge in [0.05, 0.1) is 17.7 Å². The van der Waals surface area contributed by atoms with Crippen molar-refractivity contribution in [1.29, 1.82) is 0 Å². The lowest BCUT2D eigenvalue weighted by molar-refractivity contribution is 0.102. The molecule has 3 aromatic rings. The van der Waals surface area contributed by atoms with E-state index < -0.39 is 11.6 Å². The molecule has 1 amide bonds. The van der Waals surface area contributed by atoms with Gasteiger partial charge in [0.1, 0.15) is 11.4 Å². The van der Waals surface area contributed by atoms with Gasteiger partial charge in [-0.25, -0.2) is 4.79 Å². The van der Waals surface area contributed by atoms with Crippen molar-refractivity contribution in [3.05, 3.63) is 64.0 Å². The first-order valence-corrected chi connectivity index (χ1v) is 7.64. The Kier molecular flexibility index (Phi) is 4.20. The molecule has 0 bridgehead atoms. The van der Waals surface area contributed by atoms with Crippen LogP contribution < -0.4 is 15.7 Å². The van der Waals surface area contributed by atoms with Crippen LogP contribution in [0.5, 0.6) is 5.75 Å². The summed E-state index contributed by atoms with van der Waals surface area (Å²) in [5.74, 6) is 0.170. The summed E-state index contributed by atoms with van der Waals surface area (Å²) in [6.45, 7) is 0. The summed E-state index contributed by atoms with van der Waals surface area (Å²) in [4.78, 5) is 31.3. The van der Waals surface area contributed by atoms with Crippen molar-refractivity contribution in [1.82, 2.24) is 9.97 Å². The molecule has 0 aliphatic heterocycles. The number of hydrogen-bond acceptors (Lipinski definition) is 5. The fourth-order valence-electron chi connectivity index (χ4n) is 2.03. The molecule has 116 valence electrons. The minimum atomic E-state index is -0.563. The maximum atomic E-state index is 12.3. The van der Waals surface area contributed by atoms with Crippen LogP contribution in [0.15, 0.2) is 52.6 Å². The number of rotatable bonds is 4. The number of methoxy groups -OCH3 is 1. The van der Waals surface area contributed by atoms with Gasteiger partial charge in [-0.05, 0) is 29.6 Å². The van der Waals surface area contributed by atoms with Crippen LogP contribution in [0.4, 0.5) is 5.69 Å². The van der Waals surface area contributed by atoms with E-state index in [1.165, 1.54) is 11.3 Å². The molecular formula is C16H13N3O3S. The monoisotopic (exact) mass is 327 g/mol. The molecule has 0 unspecified atom stereocenters. The summed E-state index contributed by atoms with van der Waals surface area (Å²) >= 11 is 1.47. The second-order valence-electron chi connectivity index (χ2n) is 4.65. The third kappa shape index (κ3) is 3.46. The molecule has 23 heavy (non-hydrogen) atoms. The number of benzene rings is 1. The first kappa shape index (κ1) is 15.0. The van der Waals surface area contributed by atoms with Crippen LogP contribution in [0, 0.1) is 0 Å². The van der Waals surface area contributed by atoms with E-state index in [2.05, 4.69) is 15.3 Å². The van der Waals surface area contributed by atoms with Gasteiger partial charge in [0.2, 0.25) is 0 Å². The molecule has 0 fully saturated rings. The number of amides is 1. The van der Waals surface area contributed by atoms with Crippen molar-refractivity contribution in [2.75, 3.05) is 12.4 Å². The van der Waals surface area contributed by atoms with E-state index in [0.29, 0.717) is 17.1 Å². The minimum Gasteiger partial charge on any atom is -0.497 e. The van der Waals surface area contributed by atoms with Gasteiger partial charge in [-0.15, -0.1) is 11.3 Å². The van der Waals surface area contributed by atoms with Gasteiger partial charge in [-0.1, -0.05) is 12.1 Å². The molecule has 0 saturated carbocycles. The van der Waals surface area contributed by atoms with Gasteiger partial charge in [0, 0.05) is 11.8 Å². The fraction of sp³-hybridized carbons (Fsp3) is 0.0625. The molecular weight excluding hydrogens is 314 g/mol. The molecule has 0 aliphatic carbocycles. The first-order chi connectivity index (χ1) is 11.2. The van der Waals surface area contributed by atoms with Crippen molar-refractivity contribution in [3.8, 4) is 16.3 Å². The normalized spacial score (nSPS) is 10.3. The summed E-state index contributed by atoms with van der Waals surface area (Å²) < 4.78 is 5.11. The Morgan fingerprint density at radius 1 is 1.26 bits per heavy atom. The number of carbonyl (C=O) groups is 1. The van der Waals surface area contributed by atoms with Crippen LogP contribution in [0.25, 0.3) is 10.6 Å². The van der Waals surface area contributed by atoms with Gasteiger partial charge in [-0.3, -0.25) is 4.79 Å². The van der Waals surface area contributed by atoms with Crippen molar-refractivity contribution in [2.45, 2.75) is 0 Å². The molecule has 3 rings (SSSR count).